The topological polar surface area (TPSA) is 73.3 Å². The van der Waals surface area contributed by atoms with Crippen LogP contribution in [0.25, 0.3) is 10.9 Å². The van der Waals surface area contributed by atoms with Crippen LogP contribution < -0.4 is 14.8 Å². The molecule has 0 saturated carbocycles. The van der Waals surface area contributed by atoms with Gasteiger partial charge in [0.25, 0.3) is 5.91 Å². The Morgan fingerprint density at radius 1 is 1.12 bits per heavy atom. The van der Waals surface area contributed by atoms with Crippen LogP contribution in [0, 0.1) is 12.9 Å². The standard InChI is InChI=1S/C24H19ClFN3O3/c1-14-17(24(30)28-13-15-10-22(25)29-23(26)11-15)4-3-5-20(14)32-21-8-9-27-19-12-16(31-2)6-7-18(19)21/h3-12H,13H2,1-2H3,(H,28,30). The molecule has 0 aliphatic carbocycles. The molecule has 2 aromatic heterocycles. The predicted octanol–water partition coefficient (Wildman–Crippen LogP) is 5.46. The number of carbonyl (C=O) groups excluding carboxylic acids is 1. The van der Waals surface area contributed by atoms with Crippen LogP contribution in [0.1, 0.15) is 21.5 Å². The minimum absolute atomic E-state index is 0.0306. The van der Waals surface area contributed by atoms with Gasteiger partial charge in [-0.25, -0.2) is 4.98 Å². The summed E-state index contributed by atoms with van der Waals surface area (Å²) in [6.07, 6.45) is 1.65. The van der Waals surface area contributed by atoms with Crippen LogP contribution in [0.4, 0.5) is 4.39 Å². The number of hydrogen-bond acceptors (Lipinski definition) is 5. The van der Waals surface area contributed by atoms with Crippen molar-refractivity contribution in [3.8, 4) is 17.2 Å². The van der Waals surface area contributed by atoms with Gasteiger partial charge >= 0.3 is 0 Å². The Labute approximate surface area is 189 Å². The fourth-order valence-electron chi connectivity index (χ4n) is 3.30. The molecule has 0 unspecified atom stereocenters. The van der Waals surface area contributed by atoms with E-state index in [0.29, 0.717) is 33.9 Å². The van der Waals surface area contributed by atoms with E-state index in [9.17, 15) is 9.18 Å². The maximum absolute atomic E-state index is 13.4. The van der Waals surface area contributed by atoms with Crippen LogP contribution in [0.15, 0.2) is 60.8 Å². The van der Waals surface area contributed by atoms with Crippen molar-refractivity contribution in [1.29, 1.82) is 0 Å². The summed E-state index contributed by atoms with van der Waals surface area (Å²) in [6, 6.07) is 15.3. The summed E-state index contributed by atoms with van der Waals surface area (Å²) < 4.78 is 24.8. The van der Waals surface area contributed by atoms with Gasteiger partial charge in [0, 0.05) is 35.3 Å². The monoisotopic (exact) mass is 451 g/mol. The fraction of sp³-hybridized carbons (Fsp3) is 0.125. The molecule has 162 valence electrons. The van der Waals surface area contributed by atoms with Crippen molar-refractivity contribution in [2.24, 2.45) is 0 Å². The number of fused-ring (bicyclic) bond motifs is 1. The molecule has 1 amide bonds. The van der Waals surface area contributed by atoms with Gasteiger partial charge in [0.1, 0.15) is 22.4 Å². The lowest BCUT2D eigenvalue weighted by molar-refractivity contribution is 0.0950. The maximum Gasteiger partial charge on any atom is 0.251 e. The predicted molar refractivity (Wildman–Crippen MR) is 120 cm³/mol. The molecule has 6 nitrogen and oxygen atoms in total. The van der Waals surface area contributed by atoms with Crippen molar-refractivity contribution in [3.05, 3.63) is 88.6 Å². The number of ether oxygens (including phenoxy) is 2. The van der Waals surface area contributed by atoms with Crippen molar-refractivity contribution in [3.63, 3.8) is 0 Å². The maximum atomic E-state index is 13.4. The van der Waals surface area contributed by atoms with Gasteiger partial charge < -0.3 is 14.8 Å². The minimum Gasteiger partial charge on any atom is -0.497 e. The van der Waals surface area contributed by atoms with Gasteiger partial charge in [-0.1, -0.05) is 17.7 Å². The number of nitrogens with one attached hydrogen (secondary N) is 1. The third-order valence-electron chi connectivity index (χ3n) is 4.93. The molecule has 0 bridgehead atoms. The lowest BCUT2D eigenvalue weighted by Gasteiger charge is -2.14. The first-order chi connectivity index (χ1) is 15.4. The van der Waals surface area contributed by atoms with Crippen LogP contribution in [0.2, 0.25) is 5.15 Å². The Bertz CT molecular complexity index is 1290. The average molecular weight is 452 g/mol. The first-order valence-electron chi connectivity index (χ1n) is 9.75. The Hall–Kier alpha value is -3.71. The second kappa shape index (κ2) is 9.20. The first kappa shape index (κ1) is 21.5. The molecule has 0 radical (unpaired) electrons. The van der Waals surface area contributed by atoms with Crippen LogP contribution in [0.3, 0.4) is 0 Å². The van der Waals surface area contributed by atoms with Gasteiger partial charge in [-0.2, -0.15) is 4.39 Å². The van der Waals surface area contributed by atoms with Gasteiger partial charge in [-0.05, 0) is 55.0 Å². The van der Waals surface area contributed by atoms with Gasteiger partial charge in [-0.15, -0.1) is 0 Å². The van der Waals surface area contributed by atoms with Crippen molar-refractivity contribution in [2.75, 3.05) is 7.11 Å². The van der Waals surface area contributed by atoms with E-state index in [4.69, 9.17) is 21.1 Å². The molecule has 1 N–H and O–H groups in total. The zero-order valence-corrected chi connectivity index (χ0v) is 18.1. The molecule has 2 heterocycles. The summed E-state index contributed by atoms with van der Waals surface area (Å²) in [5.74, 6) is 0.840. The molecule has 0 spiro atoms. The number of pyridine rings is 2. The van der Waals surface area contributed by atoms with E-state index in [1.54, 1.807) is 44.5 Å². The summed E-state index contributed by atoms with van der Waals surface area (Å²) in [7, 11) is 1.60. The van der Waals surface area contributed by atoms with E-state index in [-0.39, 0.29) is 17.6 Å². The SMILES string of the molecule is COc1ccc2c(Oc3cccc(C(=O)NCc4cc(F)nc(Cl)c4)c3C)ccnc2c1. The highest BCUT2D eigenvalue weighted by Gasteiger charge is 2.14. The van der Waals surface area contributed by atoms with Gasteiger partial charge in [0.2, 0.25) is 5.95 Å². The quantitative estimate of drug-likeness (QED) is 0.394. The number of amides is 1. The summed E-state index contributed by atoms with van der Waals surface area (Å²) in [5, 5.41) is 3.62. The van der Waals surface area contributed by atoms with E-state index in [1.165, 1.54) is 12.1 Å². The molecule has 4 rings (SSSR count). The van der Waals surface area contributed by atoms with Crippen molar-refractivity contribution >= 4 is 28.4 Å². The lowest BCUT2D eigenvalue weighted by Crippen LogP contribution is -2.23. The number of benzene rings is 2. The Morgan fingerprint density at radius 2 is 1.97 bits per heavy atom. The molecule has 0 aliphatic heterocycles. The van der Waals surface area contributed by atoms with Crippen molar-refractivity contribution in [1.82, 2.24) is 15.3 Å². The number of halogens is 2. The van der Waals surface area contributed by atoms with Crippen LogP contribution in [-0.2, 0) is 6.54 Å². The summed E-state index contributed by atoms with van der Waals surface area (Å²) >= 11 is 5.77. The number of carbonyl (C=O) groups is 1. The van der Waals surface area contributed by atoms with E-state index in [1.807, 2.05) is 18.2 Å². The third-order valence-corrected chi connectivity index (χ3v) is 5.13. The van der Waals surface area contributed by atoms with E-state index in [0.717, 1.165) is 10.9 Å². The second-order valence-corrected chi connectivity index (χ2v) is 7.41. The Morgan fingerprint density at radius 3 is 2.75 bits per heavy atom. The Kier molecular flexibility index (Phi) is 6.18. The van der Waals surface area contributed by atoms with Gasteiger partial charge in [-0.3, -0.25) is 9.78 Å². The molecule has 8 heteroatoms. The molecule has 2 aromatic carbocycles. The Balaban J connectivity index is 1.56. The number of aromatic nitrogens is 2. The largest absolute Gasteiger partial charge is 0.497 e. The normalized spacial score (nSPS) is 10.8. The zero-order valence-electron chi connectivity index (χ0n) is 17.4. The number of hydrogen-bond donors (Lipinski definition) is 1. The van der Waals surface area contributed by atoms with Crippen LogP contribution >= 0.6 is 11.6 Å². The average Bonchev–Trinajstić information content (AvgIpc) is 2.78. The van der Waals surface area contributed by atoms with Gasteiger partial charge in [0.15, 0.2) is 0 Å². The molecular weight excluding hydrogens is 433 g/mol. The van der Waals surface area contributed by atoms with E-state index in [2.05, 4.69) is 15.3 Å². The summed E-state index contributed by atoms with van der Waals surface area (Å²) in [4.78, 5) is 20.6. The molecule has 0 fully saturated rings. The number of nitrogens with zero attached hydrogens (tertiary/aromatic N) is 2. The molecular formula is C24H19ClFN3O3. The smallest absolute Gasteiger partial charge is 0.251 e. The highest BCUT2D eigenvalue weighted by Crippen LogP contribution is 2.33. The van der Waals surface area contributed by atoms with E-state index < -0.39 is 5.95 Å². The van der Waals surface area contributed by atoms with Crippen molar-refractivity contribution < 1.29 is 18.7 Å². The van der Waals surface area contributed by atoms with Crippen molar-refractivity contribution in [2.45, 2.75) is 13.5 Å². The van der Waals surface area contributed by atoms with E-state index >= 15 is 0 Å². The highest BCUT2D eigenvalue weighted by atomic mass is 35.5. The summed E-state index contributed by atoms with van der Waals surface area (Å²) in [6.45, 7) is 1.92. The van der Waals surface area contributed by atoms with Crippen LogP contribution in [-0.4, -0.2) is 23.0 Å². The number of rotatable bonds is 6. The second-order valence-electron chi connectivity index (χ2n) is 7.03. The molecule has 0 aliphatic rings. The third kappa shape index (κ3) is 4.63. The molecule has 0 atom stereocenters. The minimum atomic E-state index is -0.699. The molecule has 4 aromatic rings. The summed E-state index contributed by atoms with van der Waals surface area (Å²) in [5.41, 5.74) is 2.36. The number of methoxy groups -OCH3 is 1. The highest BCUT2D eigenvalue weighted by molar-refractivity contribution is 6.29. The van der Waals surface area contributed by atoms with Crippen LogP contribution in [0.5, 0.6) is 17.2 Å². The zero-order chi connectivity index (χ0) is 22.7. The first-order valence-corrected chi connectivity index (χ1v) is 10.1. The fourth-order valence-corrected chi connectivity index (χ4v) is 3.52. The molecule has 32 heavy (non-hydrogen) atoms. The molecule has 0 saturated heterocycles. The van der Waals surface area contributed by atoms with Gasteiger partial charge in [0.05, 0.1) is 12.6 Å². The lowest BCUT2D eigenvalue weighted by atomic mass is 10.1.